The van der Waals surface area contributed by atoms with Gasteiger partial charge in [0, 0.05) is 13.2 Å². The summed E-state index contributed by atoms with van der Waals surface area (Å²) in [5.41, 5.74) is 0.143. The van der Waals surface area contributed by atoms with Gasteiger partial charge in [0.25, 0.3) is 0 Å². The average Bonchev–Trinajstić information content (AvgIpc) is 2.56. The van der Waals surface area contributed by atoms with Gasteiger partial charge >= 0.3 is 0 Å². The molecule has 1 fully saturated rings. The molecule has 0 aliphatic carbocycles. The topological polar surface area (TPSA) is 27.7 Å². The van der Waals surface area contributed by atoms with E-state index >= 15 is 0 Å². The third-order valence-electron chi connectivity index (χ3n) is 4.92. The van der Waals surface area contributed by atoms with Gasteiger partial charge in [0.1, 0.15) is 0 Å². The lowest BCUT2D eigenvalue weighted by molar-refractivity contribution is -0.178. The van der Waals surface area contributed by atoms with Gasteiger partial charge in [-0.05, 0) is 12.8 Å². The molecule has 0 atom stereocenters. The van der Waals surface area contributed by atoms with Gasteiger partial charge in [-0.25, -0.2) is 0 Å². The summed E-state index contributed by atoms with van der Waals surface area (Å²) in [5.74, 6) is 0. The molecule has 0 amide bonds. The summed E-state index contributed by atoms with van der Waals surface area (Å²) < 4.78 is 17.2. The fraction of sp³-hybridized carbons (Fsp3) is 1.00. The van der Waals surface area contributed by atoms with Gasteiger partial charge in [-0.15, -0.1) is 0 Å². The van der Waals surface area contributed by atoms with Crippen LogP contribution >= 0.6 is 0 Å². The van der Waals surface area contributed by atoms with Gasteiger partial charge in [0.15, 0.2) is 0 Å². The summed E-state index contributed by atoms with van der Waals surface area (Å²) in [6, 6.07) is 0. The van der Waals surface area contributed by atoms with Crippen LogP contribution in [0.3, 0.4) is 0 Å². The number of hydrogen-bond donors (Lipinski definition) is 0. The Hall–Kier alpha value is -0.120. The largest absolute Gasteiger partial charge is 0.381 e. The molecule has 0 radical (unpaired) electrons. The Morgan fingerprint density at radius 2 is 1.04 bits per heavy atom. The molecule has 24 heavy (non-hydrogen) atoms. The predicted octanol–water partition coefficient (Wildman–Crippen LogP) is 5.76. The van der Waals surface area contributed by atoms with Crippen LogP contribution in [-0.4, -0.2) is 39.6 Å². The van der Waals surface area contributed by atoms with Crippen LogP contribution in [0.15, 0.2) is 0 Å². The van der Waals surface area contributed by atoms with Crippen LogP contribution in [0, 0.1) is 5.41 Å². The van der Waals surface area contributed by atoms with Crippen molar-refractivity contribution in [2.45, 2.75) is 90.9 Å². The van der Waals surface area contributed by atoms with Gasteiger partial charge < -0.3 is 14.2 Å². The van der Waals surface area contributed by atoms with Crippen LogP contribution in [0.25, 0.3) is 0 Å². The SMILES string of the molecule is CCCCCCCCOCC1(COCCCCCCCC)COC1. The average molecular weight is 343 g/mol. The van der Waals surface area contributed by atoms with Gasteiger partial charge in [0.2, 0.25) is 0 Å². The minimum Gasteiger partial charge on any atom is -0.381 e. The van der Waals surface area contributed by atoms with Crippen molar-refractivity contribution in [3.8, 4) is 0 Å². The Kier molecular flexibility index (Phi) is 13.8. The summed E-state index contributed by atoms with van der Waals surface area (Å²) in [6.45, 7) is 9.53. The van der Waals surface area contributed by atoms with Crippen LogP contribution in [0.4, 0.5) is 0 Å². The molecule has 0 aromatic heterocycles. The molecule has 3 nitrogen and oxygen atoms in total. The van der Waals surface area contributed by atoms with Crippen molar-refractivity contribution in [3.05, 3.63) is 0 Å². The molecule has 0 aromatic rings. The molecule has 1 aliphatic heterocycles. The zero-order chi connectivity index (χ0) is 17.3. The molecule has 0 unspecified atom stereocenters. The molecule has 0 N–H and O–H groups in total. The maximum Gasteiger partial charge on any atom is 0.0637 e. The fourth-order valence-electron chi connectivity index (χ4n) is 3.15. The highest BCUT2D eigenvalue weighted by molar-refractivity contribution is 4.85. The minimum absolute atomic E-state index is 0.143. The number of ether oxygens (including phenoxy) is 3. The monoisotopic (exact) mass is 342 g/mol. The van der Waals surface area contributed by atoms with Crippen LogP contribution in [-0.2, 0) is 14.2 Å². The second kappa shape index (κ2) is 15.2. The van der Waals surface area contributed by atoms with E-state index in [0.29, 0.717) is 0 Å². The van der Waals surface area contributed by atoms with E-state index in [1.165, 1.54) is 77.0 Å². The highest BCUT2D eigenvalue weighted by atomic mass is 16.5. The highest BCUT2D eigenvalue weighted by Gasteiger charge is 2.39. The lowest BCUT2D eigenvalue weighted by atomic mass is 9.88. The van der Waals surface area contributed by atoms with E-state index in [0.717, 1.165) is 39.6 Å². The molecule has 0 saturated carbocycles. The van der Waals surface area contributed by atoms with Crippen LogP contribution < -0.4 is 0 Å². The third-order valence-corrected chi connectivity index (χ3v) is 4.92. The van der Waals surface area contributed by atoms with Crippen LogP contribution in [0.5, 0.6) is 0 Å². The zero-order valence-electron chi connectivity index (χ0n) is 16.5. The van der Waals surface area contributed by atoms with E-state index < -0.39 is 0 Å². The van der Waals surface area contributed by atoms with E-state index in [-0.39, 0.29) is 5.41 Å². The van der Waals surface area contributed by atoms with E-state index in [1.807, 2.05) is 0 Å². The Balaban J connectivity index is 1.92. The summed E-state index contributed by atoms with van der Waals surface area (Å²) in [4.78, 5) is 0. The predicted molar refractivity (Wildman–Crippen MR) is 102 cm³/mol. The Morgan fingerprint density at radius 1 is 0.625 bits per heavy atom. The van der Waals surface area contributed by atoms with Crippen molar-refractivity contribution >= 4 is 0 Å². The normalized spacial score (nSPS) is 16.2. The maximum atomic E-state index is 5.91. The van der Waals surface area contributed by atoms with Gasteiger partial charge in [-0.3, -0.25) is 0 Å². The number of rotatable bonds is 18. The first-order valence-corrected chi connectivity index (χ1v) is 10.6. The fourth-order valence-corrected chi connectivity index (χ4v) is 3.15. The lowest BCUT2D eigenvalue weighted by Crippen LogP contribution is -2.49. The molecule has 0 bridgehead atoms. The Labute approximate surface area is 150 Å². The molecule has 0 spiro atoms. The number of unbranched alkanes of at least 4 members (excludes halogenated alkanes) is 10. The van der Waals surface area contributed by atoms with E-state index in [2.05, 4.69) is 13.8 Å². The van der Waals surface area contributed by atoms with E-state index in [1.54, 1.807) is 0 Å². The van der Waals surface area contributed by atoms with E-state index in [4.69, 9.17) is 14.2 Å². The lowest BCUT2D eigenvalue weighted by Gasteiger charge is -2.40. The second-order valence-electron chi connectivity index (χ2n) is 7.63. The molecule has 1 aliphatic rings. The summed E-state index contributed by atoms with van der Waals surface area (Å²) in [5, 5.41) is 0. The molecule has 1 heterocycles. The summed E-state index contributed by atoms with van der Waals surface area (Å²) >= 11 is 0. The standard InChI is InChI=1S/C21H42O3/c1-3-5-7-9-11-13-15-22-17-21(19-24-20-21)18-23-16-14-12-10-8-6-4-2/h3-20H2,1-2H3. The van der Waals surface area contributed by atoms with Crippen LogP contribution in [0.2, 0.25) is 0 Å². The van der Waals surface area contributed by atoms with Crippen molar-refractivity contribution in [2.24, 2.45) is 5.41 Å². The van der Waals surface area contributed by atoms with Crippen molar-refractivity contribution in [3.63, 3.8) is 0 Å². The number of hydrogen-bond acceptors (Lipinski definition) is 3. The minimum atomic E-state index is 0.143. The maximum absolute atomic E-state index is 5.91. The van der Waals surface area contributed by atoms with Crippen molar-refractivity contribution in [2.75, 3.05) is 39.6 Å². The zero-order valence-corrected chi connectivity index (χ0v) is 16.5. The van der Waals surface area contributed by atoms with Crippen molar-refractivity contribution < 1.29 is 14.2 Å². The highest BCUT2D eigenvalue weighted by Crippen LogP contribution is 2.28. The molecule has 0 aromatic carbocycles. The first kappa shape index (κ1) is 21.9. The van der Waals surface area contributed by atoms with Gasteiger partial charge in [-0.2, -0.15) is 0 Å². The second-order valence-corrected chi connectivity index (χ2v) is 7.63. The first-order chi connectivity index (χ1) is 11.8. The summed E-state index contributed by atoms with van der Waals surface area (Å²) in [7, 11) is 0. The molecule has 1 saturated heterocycles. The smallest absolute Gasteiger partial charge is 0.0637 e. The van der Waals surface area contributed by atoms with Gasteiger partial charge in [0.05, 0.1) is 31.8 Å². The molecular weight excluding hydrogens is 300 g/mol. The summed E-state index contributed by atoms with van der Waals surface area (Å²) in [6.07, 6.45) is 15.8. The molecule has 3 heteroatoms. The molecule has 144 valence electrons. The quantitative estimate of drug-likeness (QED) is 0.296. The molecule has 1 rings (SSSR count). The van der Waals surface area contributed by atoms with Crippen molar-refractivity contribution in [1.29, 1.82) is 0 Å². The van der Waals surface area contributed by atoms with Crippen molar-refractivity contribution in [1.82, 2.24) is 0 Å². The molecular formula is C21H42O3. The first-order valence-electron chi connectivity index (χ1n) is 10.6. The van der Waals surface area contributed by atoms with Gasteiger partial charge in [-0.1, -0.05) is 78.1 Å². The van der Waals surface area contributed by atoms with E-state index in [9.17, 15) is 0 Å². The van der Waals surface area contributed by atoms with Crippen LogP contribution in [0.1, 0.15) is 90.9 Å². The third kappa shape index (κ3) is 10.7. The Bertz CT molecular complexity index is 242. The Morgan fingerprint density at radius 3 is 1.42 bits per heavy atom.